The molecule has 0 radical (unpaired) electrons. The number of carbonyl (C=O) groups excluding carboxylic acids is 2. The van der Waals surface area contributed by atoms with E-state index in [4.69, 9.17) is 15.2 Å². The smallest absolute Gasteiger partial charge is 0.492 e. The minimum Gasteiger partial charge on any atom is -0.492 e. The van der Waals surface area contributed by atoms with E-state index in [-0.39, 0.29) is 30.3 Å². The first-order valence-electron chi connectivity index (χ1n) is 13.8. The van der Waals surface area contributed by atoms with Gasteiger partial charge in [-0.05, 0) is 56.2 Å². The van der Waals surface area contributed by atoms with E-state index in [1.54, 1.807) is 11.1 Å². The van der Waals surface area contributed by atoms with Gasteiger partial charge in [0.2, 0.25) is 5.91 Å². The van der Waals surface area contributed by atoms with Crippen LogP contribution in [0.1, 0.15) is 47.9 Å². The fourth-order valence-corrected chi connectivity index (χ4v) is 5.21. The number of amides is 2. The number of para-hydroxylation sites is 1. The Kier molecular flexibility index (Phi) is 13.2. The number of thiol groups is 1. The SMILES string of the molecule is CCOc1c2c(c(OCC)c3ncccc13)CN(c1ccc(CS)cc1C)C2=O.NC(=O)Cc1ccccc1OC(F)(F)F.O.O.[HH]. The van der Waals surface area contributed by atoms with Gasteiger partial charge in [0.15, 0.2) is 5.75 Å². The molecule has 2 amide bonds. The van der Waals surface area contributed by atoms with Gasteiger partial charge in [-0.1, -0.05) is 30.3 Å². The Morgan fingerprint density at radius 2 is 1.72 bits per heavy atom. The van der Waals surface area contributed by atoms with Gasteiger partial charge in [-0.3, -0.25) is 14.6 Å². The number of anilines is 1. The van der Waals surface area contributed by atoms with E-state index in [2.05, 4.69) is 28.4 Å². The molecule has 0 unspecified atom stereocenters. The summed E-state index contributed by atoms with van der Waals surface area (Å²) in [5.41, 5.74) is 10.2. The maximum absolute atomic E-state index is 13.6. The van der Waals surface area contributed by atoms with Crippen LogP contribution in [0.25, 0.3) is 10.9 Å². The van der Waals surface area contributed by atoms with Crippen LogP contribution >= 0.6 is 12.6 Å². The van der Waals surface area contributed by atoms with Crippen LogP contribution in [-0.2, 0) is 23.5 Å². The number of halogens is 3. The molecule has 14 heteroatoms. The van der Waals surface area contributed by atoms with E-state index < -0.39 is 18.0 Å². The monoisotopic (exact) mass is 665 g/mol. The molecule has 2 heterocycles. The summed E-state index contributed by atoms with van der Waals surface area (Å²) in [6.07, 6.45) is -3.32. The molecular weight excluding hydrogens is 627 g/mol. The molecule has 10 nitrogen and oxygen atoms in total. The fraction of sp³-hybridized carbons (Fsp3) is 0.281. The third-order valence-electron chi connectivity index (χ3n) is 6.72. The summed E-state index contributed by atoms with van der Waals surface area (Å²) in [6, 6.07) is 15.2. The van der Waals surface area contributed by atoms with E-state index in [0.29, 0.717) is 42.6 Å². The second-order valence-electron chi connectivity index (χ2n) is 9.75. The van der Waals surface area contributed by atoms with Crippen LogP contribution in [0.5, 0.6) is 17.2 Å². The first-order chi connectivity index (χ1) is 21.0. The van der Waals surface area contributed by atoms with E-state index in [0.717, 1.165) is 39.3 Å². The van der Waals surface area contributed by atoms with Gasteiger partial charge in [-0.15, -0.1) is 13.2 Å². The molecule has 46 heavy (non-hydrogen) atoms. The Balaban J connectivity index is 0.000000528. The Morgan fingerprint density at radius 3 is 2.33 bits per heavy atom. The van der Waals surface area contributed by atoms with E-state index in [9.17, 15) is 22.8 Å². The Morgan fingerprint density at radius 1 is 1.04 bits per heavy atom. The van der Waals surface area contributed by atoms with Gasteiger partial charge in [0, 0.05) is 35.6 Å². The van der Waals surface area contributed by atoms with Crippen LogP contribution in [0.4, 0.5) is 18.9 Å². The van der Waals surface area contributed by atoms with Gasteiger partial charge in [0.1, 0.15) is 17.0 Å². The Labute approximate surface area is 270 Å². The summed E-state index contributed by atoms with van der Waals surface area (Å²) >= 11 is 4.35. The van der Waals surface area contributed by atoms with Crippen molar-refractivity contribution >= 4 is 41.0 Å². The summed E-state index contributed by atoms with van der Waals surface area (Å²) in [5.74, 6) is 0.733. The molecule has 250 valence electrons. The summed E-state index contributed by atoms with van der Waals surface area (Å²) in [4.78, 5) is 30.5. The number of rotatable bonds is 9. The number of fused-ring (bicyclic) bond motifs is 2. The highest BCUT2D eigenvalue weighted by Gasteiger charge is 2.37. The van der Waals surface area contributed by atoms with Gasteiger partial charge < -0.3 is 35.8 Å². The minimum atomic E-state index is -4.77. The highest BCUT2D eigenvalue weighted by atomic mass is 32.1. The molecule has 6 N–H and O–H groups in total. The van der Waals surface area contributed by atoms with Crippen molar-refractivity contribution < 1.29 is 49.3 Å². The van der Waals surface area contributed by atoms with Crippen molar-refractivity contribution in [3.8, 4) is 17.2 Å². The van der Waals surface area contributed by atoms with Gasteiger partial charge in [-0.25, -0.2) is 0 Å². The lowest BCUT2D eigenvalue weighted by Gasteiger charge is -2.19. The zero-order chi connectivity index (χ0) is 32.0. The molecule has 1 aliphatic heterocycles. The number of alkyl halides is 3. The predicted octanol–water partition coefficient (Wildman–Crippen LogP) is 5.14. The van der Waals surface area contributed by atoms with Gasteiger partial charge >= 0.3 is 6.36 Å². The average Bonchev–Trinajstić information content (AvgIpc) is 3.31. The molecule has 0 saturated heterocycles. The van der Waals surface area contributed by atoms with Crippen molar-refractivity contribution in [2.75, 3.05) is 18.1 Å². The van der Waals surface area contributed by atoms with Gasteiger partial charge in [-0.2, -0.15) is 12.6 Å². The molecule has 1 aliphatic rings. The van der Waals surface area contributed by atoms with Crippen molar-refractivity contribution in [1.82, 2.24) is 4.98 Å². The summed E-state index contributed by atoms with van der Waals surface area (Å²) in [6.45, 7) is 7.26. The van der Waals surface area contributed by atoms with Crippen LogP contribution in [0.3, 0.4) is 0 Å². The molecule has 0 bridgehead atoms. The van der Waals surface area contributed by atoms with Crippen molar-refractivity contribution in [3.63, 3.8) is 0 Å². The molecule has 3 aromatic carbocycles. The number of pyridine rings is 1. The lowest BCUT2D eigenvalue weighted by atomic mass is 10.0. The second kappa shape index (κ2) is 16.2. The average molecular weight is 666 g/mol. The number of benzene rings is 3. The predicted molar refractivity (Wildman–Crippen MR) is 174 cm³/mol. The molecule has 1 aromatic heterocycles. The third-order valence-corrected chi connectivity index (χ3v) is 7.09. The number of hydrogen-bond acceptors (Lipinski definition) is 7. The zero-order valence-corrected chi connectivity index (χ0v) is 26.3. The molecule has 4 aromatic rings. The highest BCUT2D eigenvalue weighted by molar-refractivity contribution is 7.79. The molecule has 0 aliphatic carbocycles. The maximum atomic E-state index is 13.6. The number of aromatic nitrogens is 1. The Hall–Kier alpha value is -4.53. The fourth-order valence-electron chi connectivity index (χ4n) is 5.01. The molecule has 0 saturated carbocycles. The molecule has 0 fully saturated rings. The van der Waals surface area contributed by atoms with Crippen molar-refractivity contribution in [1.29, 1.82) is 0 Å². The second-order valence-corrected chi connectivity index (χ2v) is 10.1. The molecular formula is C32H38F3N3O7S. The number of hydrogen-bond donors (Lipinski definition) is 2. The summed E-state index contributed by atoms with van der Waals surface area (Å²) in [5, 5.41) is 0.800. The van der Waals surface area contributed by atoms with Crippen molar-refractivity contribution in [3.05, 3.63) is 88.6 Å². The number of ether oxygens (including phenoxy) is 3. The lowest BCUT2D eigenvalue weighted by molar-refractivity contribution is -0.274. The van der Waals surface area contributed by atoms with Crippen LogP contribution in [0.15, 0.2) is 60.8 Å². The number of nitrogens with zero attached hydrogens (tertiary/aromatic N) is 2. The van der Waals surface area contributed by atoms with Gasteiger partial charge in [0.05, 0.1) is 31.7 Å². The summed E-state index contributed by atoms with van der Waals surface area (Å²) in [7, 11) is 0. The maximum Gasteiger partial charge on any atom is 0.573 e. The number of nitrogens with two attached hydrogens (primary N) is 1. The normalized spacial score (nSPS) is 11.9. The first kappa shape index (κ1) is 37.7. The van der Waals surface area contributed by atoms with Crippen LogP contribution in [-0.4, -0.2) is 47.3 Å². The number of primary amides is 1. The largest absolute Gasteiger partial charge is 0.573 e. The van der Waals surface area contributed by atoms with Crippen LogP contribution in [0.2, 0.25) is 0 Å². The Bertz CT molecular complexity index is 1690. The quantitative estimate of drug-likeness (QED) is 0.235. The zero-order valence-electron chi connectivity index (χ0n) is 25.4. The number of aryl methyl sites for hydroxylation is 1. The van der Waals surface area contributed by atoms with E-state index in [1.165, 1.54) is 18.2 Å². The highest BCUT2D eigenvalue weighted by Crippen LogP contribution is 2.45. The van der Waals surface area contributed by atoms with Crippen LogP contribution in [0, 0.1) is 6.92 Å². The van der Waals surface area contributed by atoms with E-state index >= 15 is 0 Å². The summed E-state index contributed by atoms with van der Waals surface area (Å²) < 4.78 is 51.4. The molecule has 0 atom stereocenters. The van der Waals surface area contributed by atoms with Crippen molar-refractivity contribution in [2.45, 2.75) is 45.9 Å². The third kappa shape index (κ3) is 8.38. The number of carbonyl (C=O) groups is 2. The minimum absolute atomic E-state index is 0. The standard InChI is InChI=1S/C23H24N2O3S.C9H8F3NO2.2H2O.H2/c1-4-27-21-16-7-6-10-24-20(16)22(28-5-2)17-12-25(23(26)19(17)21)18-9-8-15(13-29)11-14(18)3;10-9(11,12)15-7-4-2-1-3-6(7)5-8(13)14;;;/h6-11,29H,4-5,12-13H2,1-3H3;1-4H,5H2,(H2,13,14);2*1H2;1H. The molecule has 5 rings (SSSR count). The van der Waals surface area contributed by atoms with Gasteiger partial charge in [0.25, 0.3) is 5.91 Å². The first-order valence-corrected chi connectivity index (χ1v) is 14.5. The van der Waals surface area contributed by atoms with Crippen LogP contribution < -0.4 is 24.8 Å². The topological polar surface area (TPSA) is 167 Å². The van der Waals surface area contributed by atoms with Crippen molar-refractivity contribution in [2.24, 2.45) is 5.73 Å². The molecule has 0 spiro atoms. The lowest BCUT2D eigenvalue weighted by Crippen LogP contribution is -2.24. The van der Waals surface area contributed by atoms with E-state index in [1.807, 2.05) is 45.0 Å².